The Hall–Kier alpha value is -2.14. The van der Waals surface area contributed by atoms with Crippen LogP contribution in [0, 0.1) is 0 Å². The molecule has 21 heavy (non-hydrogen) atoms. The van der Waals surface area contributed by atoms with E-state index >= 15 is 0 Å². The number of halogens is 1. The molecule has 3 rings (SSSR count). The first kappa shape index (κ1) is 15.3. The molecule has 2 N–H and O–H groups in total. The molecule has 2 heterocycles. The van der Waals surface area contributed by atoms with Crippen LogP contribution in [0.4, 0.5) is 0 Å². The van der Waals surface area contributed by atoms with Gasteiger partial charge < -0.3 is 10.3 Å². The Morgan fingerprint density at radius 3 is 2.81 bits per heavy atom. The third kappa shape index (κ3) is 2.56. The Balaban J connectivity index is 0.00000161. The molecule has 0 aliphatic carbocycles. The molecular formula is C15H17ClN4O. The lowest BCUT2D eigenvalue weighted by Crippen LogP contribution is -2.14. The number of amides is 1. The summed E-state index contributed by atoms with van der Waals surface area (Å²) in [5.74, 6) is -0.540. The van der Waals surface area contributed by atoms with E-state index in [1.807, 2.05) is 24.3 Å². The van der Waals surface area contributed by atoms with E-state index in [9.17, 15) is 4.79 Å². The summed E-state index contributed by atoms with van der Waals surface area (Å²) in [7, 11) is 0. The minimum atomic E-state index is -0.540. The molecule has 0 radical (unpaired) electrons. The Morgan fingerprint density at radius 1 is 1.33 bits per heavy atom. The van der Waals surface area contributed by atoms with Crippen molar-refractivity contribution in [3.63, 3.8) is 0 Å². The number of hydrogen-bond donors (Lipinski definition) is 1. The van der Waals surface area contributed by atoms with Crippen LogP contribution in [0.2, 0.25) is 0 Å². The molecule has 0 aliphatic rings. The number of unbranched alkanes of at least 4 members (excludes halogenated alkanes) is 1. The lowest BCUT2D eigenvalue weighted by molar-refractivity contribution is 0.0997. The van der Waals surface area contributed by atoms with E-state index in [1.54, 1.807) is 6.33 Å². The molecule has 0 aliphatic heterocycles. The predicted octanol–water partition coefficient (Wildman–Crippen LogP) is 2.91. The van der Waals surface area contributed by atoms with Crippen LogP contribution in [0.3, 0.4) is 0 Å². The largest absolute Gasteiger partial charge is 0.364 e. The van der Waals surface area contributed by atoms with Crippen LogP contribution in [-0.2, 0) is 6.54 Å². The summed E-state index contributed by atoms with van der Waals surface area (Å²) in [4.78, 5) is 20.3. The zero-order valence-corrected chi connectivity index (χ0v) is 12.6. The highest BCUT2D eigenvalue weighted by atomic mass is 35.5. The van der Waals surface area contributed by atoms with E-state index in [0.717, 1.165) is 35.8 Å². The van der Waals surface area contributed by atoms with Gasteiger partial charge in [0.25, 0.3) is 5.91 Å². The van der Waals surface area contributed by atoms with Crippen LogP contribution < -0.4 is 5.73 Å². The number of rotatable bonds is 4. The molecule has 110 valence electrons. The lowest BCUT2D eigenvalue weighted by Gasteiger charge is -2.07. The molecule has 0 atom stereocenters. The van der Waals surface area contributed by atoms with Gasteiger partial charge >= 0.3 is 0 Å². The van der Waals surface area contributed by atoms with E-state index in [2.05, 4.69) is 21.5 Å². The van der Waals surface area contributed by atoms with E-state index in [-0.39, 0.29) is 18.1 Å². The van der Waals surface area contributed by atoms with Gasteiger partial charge in [0, 0.05) is 11.9 Å². The smallest absolute Gasteiger partial charge is 0.269 e. The quantitative estimate of drug-likeness (QED) is 0.805. The maximum absolute atomic E-state index is 11.6. The zero-order valence-electron chi connectivity index (χ0n) is 11.7. The van der Waals surface area contributed by atoms with E-state index in [4.69, 9.17) is 5.73 Å². The van der Waals surface area contributed by atoms with Crippen molar-refractivity contribution < 1.29 is 4.79 Å². The number of aryl methyl sites for hydroxylation is 1. The summed E-state index contributed by atoms with van der Waals surface area (Å²) < 4.78 is 2.08. The van der Waals surface area contributed by atoms with Crippen LogP contribution in [0.25, 0.3) is 21.9 Å². The van der Waals surface area contributed by atoms with Crippen LogP contribution in [0.15, 0.2) is 30.6 Å². The molecule has 5 nitrogen and oxygen atoms in total. The summed E-state index contributed by atoms with van der Waals surface area (Å²) in [5, 5.41) is 1.00. The van der Waals surface area contributed by atoms with Gasteiger partial charge in [-0.05, 0) is 12.5 Å². The zero-order chi connectivity index (χ0) is 14.1. The predicted molar refractivity (Wildman–Crippen MR) is 85.7 cm³/mol. The van der Waals surface area contributed by atoms with Crippen molar-refractivity contribution >= 4 is 40.3 Å². The van der Waals surface area contributed by atoms with Gasteiger partial charge in [0.1, 0.15) is 5.52 Å². The summed E-state index contributed by atoms with van der Waals surface area (Å²) in [6.45, 7) is 3.02. The van der Waals surface area contributed by atoms with Crippen LogP contribution >= 0.6 is 12.4 Å². The van der Waals surface area contributed by atoms with Crippen molar-refractivity contribution in [2.24, 2.45) is 5.73 Å². The molecular weight excluding hydrogens is 288 g/mol. The van der Waals surface area contributed by atoms with Crippen LogP contribution in [0.5, 0.6) is 0 Å². The average Bonchev–Trinajstić information content (AvgIpc) is 2.88. The number of carbonyl (C=O) groups excluding carboxylic acids is 1. The molecule has 2 aromatic heterocycles. The highest BCUT2D eigenvalue weighted by Gasteiger charge is 2.16. The fourth-order valence-electron chi connectivity index (χ4n) is 2.45. The molecule has 1 aromatic carbocycles. The fourth-order valence-corrected chi connectivity index (χ4v) is 2.45. The number of aromatic nitrogens is 3. The van der Waals surface area contributed by atoms with E-state index < -0.39 is 5.91 Å². The van der Waals surface area contributed by atoms with Crippen molar-refractivity contribution in [2.45, 2.75) is 26.3 Å². The number of nitrogens with zero attached hydrogens (tertiary/aromatic N) is 3. The Bertz CT molecular complexity index is 797. The number of nitrogens with two attached hydrogens (primary N) is 1. The first-order chi connectivity index (χ1) is 9.72. The van der Waals surface area contributed by atoms with Crippen molar-refractivity contribution in [3.05, 3.63) is 36.3 Å². The second-order valence-electron chi connectivity index (χ2n) is 4.83. The molecule has 0 spiro atoms. The number of pyridine rings is 1. The minimum absolute atomic E-state index is 0. The second-order valence-corrected chi connectivity index (χ2v) is 4.83. The van der Waals surface area contributed by atoms with Gasteiger partial charge in [0.2, 0.25) is 0 Å². The third-order valence-corrected chi connectivity index (χ3v) is 3.44. The molecule has 0 saturated carbocycles. The van der Waals surface area contributed by atoms with E-state index in [1.165, 1.54) is 0 Å². The summed E-state index contributed by atoms with van der Waals surface area (Å²) in [6, 6.07) is 7.75. The number of imidazole rings is 1. The second kappa shape index (κ2) is 6.10. The van der Waals surface area contributed by atoms with Crippen molar-refractivity contribution in [1.82, 2.24) is 14.5 Å². The van der Waals surface area contributed by atoms with Gasteiger partial charge in [-0.3, -0.25) is 4.79 Å². The van der Waals surface area contributed by atoms with Gasteiger partial charge in [-0.2, -0.15) is 0 Å². The highest BCUT2D eigenvalue weighted by molar-refractivity contribution is 6.11. The van der Waals surface area contributed by atoms with Crippen molar-refractivity contribution in [2.75, 3.05) is 0 Å². The number of benzene rings is 1. The minimum Gasteiger partial charge on any atom is -0.364 e. The maximum atomic E-state index is 11.6. The highest BCUT2D eigenvalue weighted by Crippen LogP contribution is 2.25. The average molecular weight is 305 g/mol. The lowest BCUT2D eigenvalue weighted by atomic mass is 10.1. The normalized spacial score (nSPS) is 10.7. The summed E-state index contributed by atoms with van der Waals surface area (Å²) >= 11 is 0. The standard InChI is InChI=1S/C15H16N4O.ClH/c1-2-3-8-19-9-17-12-13(15(16)20)18-11-7-5-4-6-10(11)14(12)19;/h4-7,9H,2-3,8H2,1H3,(H2,16,20);1H. The summed E-state index contributed by atoms with van der Waals surface area (Å²) in [6.07, 6.45) is 3.93. The summed E-state index contributed by atoms with van der Waals surface area (Å²) in [5.41, 5.74) is 7.98. The Labute approximate surface area is 128 Å². The number of para-hydroxylation sites is 1. The molecule has 0 unspecified atom stereocenters. The maximum Gasteiger partial charge on any atom is 0.269 e. The fraction of sp³-hybridized carbons (Fsp3) is 0.267. The van der Waals surface area contributed by atoms with Crippen LogP contribution in [-0.4, -0.2) is 20.4 Å². The number of primary amides is 1. The van der Waals surface area contributed by atoms with Crippen molar-refractivity contribution in [3.8, 4) is 0 Å². The van der Waals surface area contributed by atoms with Crippen molar-refractivity contribution in [1.29, 1.82) is 0 Å². The molecule has 6 heteroatoms. The Kier molecular flexibility index (Phi) is 4.43. The first-order valence-electron chi connectivity index (χ1n) is 6.75. The first-order valence-corrected chi connectivity index (χ1v) is 6.75. The number of fused-ring (bicyclic) bond motifs is 3. The number of carbonyl (C=O) groups is 1. The van der Waals surface area contributed by atoms with Gasteiger partial charge in [-0.1, -0.05) is 31.5 Å². The monoisotopic (exact) mass is 304 g/mol. The molecule has 0 bridgehead atoms. The van der Waals surface area contributed by atoms with Crippen LogP contribution in [0.1, 0.15) is 30.3 Å². The van der Waals surface area contributed by atoms with E-state index in [0.29, 0.717) is 5.52 Å². The number of hydrogen-bond acceptors (Lipinski definition) is 3. The molecule has 3 aromatic rings. The van der Waals surface area contributed by atoms with Gasteiger partial charge in [0.15, 0.2) is 5.69 Å². The van der Waals surface area contributed by atoms with Gasteiger partial charge in [-0.25, -0.2) is 9.97 Å². The topological polar surface area (TPSA) is 73.8 Å². The third-order valence-electron chi connectivity index (χ3n) is 3.44. The Morgan fingerprint density at radius 2 is 2.10 bits per heavy atom. The van der Waals surface area contributed by atoms with Gasteiger partial charge in [-0.15, -0.1) is 12.4 Å². The SMILES string of the molecule is CCCCn1cnc2c(C(N)=O)nc3ccccc3c21.Cl. The van der Waals surface area contributed by atoms with Gasteiger partial charge in [0.05, 0.1) is 17.4 Å². The molecule has 0 fully saturated rings. The molecule has 1 amide bonds. The molecule has 0 saturated heterocycles.